The molecule has 0 atom stereocenters. The van der Waals surface area contributed by atoms with Crippen LogP contribution in [0.1, 0.15) is 22.3 Å². The summed E-state index contributed by atoms with van der Waals surface area (Å²) < 4.78 is 1.90. The number of rotatable bonds is 4. The predicted octanol–water partition coefficient (Wildman–Crippen LogP) is 8.79. The zero-order valence-electron chi connectivity index (χ0n) is 23.1. The van der Waals surface area contributed by atoms with Crippen molar-refractivity contribution in [1.82, 2.24) is 14.8 Å². The number of aryl methyl sites for hydroxylation is 4. The van der Waals surface area contributed by atoms with Gasteiger partial charge in [0, 0.05) is 38.1 Å². The molecule has 0 aliphatic rings. The molecule has 0 amide bonds. The third kappa shape index (κ3) is 6.54. The maximum Gasteiger partial charge on any atom is 0.0932 e. The van der Waals surface area contributed by atoms with Gasteiger partial charge in [-0.05, 0) is 62.3 Å². The molecule has 2 heterocycles. The molecule has 201 valence electrons. The Kier molecular flexibility index (Phi) is 9.60. The minimum atomic E-state index is 0. The fourth-order valence-electron chi connectivity index (χ4n) is 4.87. The molecule has 40 heavy (non-hydrogen) atoms. The van der Waals surface area contributed by atoms with Crippen LogP contribution >= 0.6 is 0 Å². The first kappa shape index (κ1) is 28.9. The van der Waals surface area contributed by atoms with Gasteiger partial charge in [-0.3, -0.25) is 4.68 Å². The van der Waals surface area contributed by atoms with Gasteiger partial charge in [0.2, 0.25) is 0 Å². The monoisotopic (exact) mass is 698 g/mol. The number of hydrogen-bond acceptors (Lipinski definition) is 2. The van der Waals surface area contributed by atoms with Crippen LogP contribution in [0.4, 0.5) is 0 Å². The van der Waals surface area contributed by atoms with Crippen molar-refractivity contribution in [2.45, 2.75) is 27.7 Å². The Labute approximate surface area is 250 Å². The van der Waals surface area contributed by atoms with Gasteiger partial charge in [0.25, 0.3) is 0 Å². The van der Waals surface area contributed by atoms with E-state index in [1.54, 1.807) is 6.20 Å². The summed E-state index contributed by atoms with van der Waals surface area (Å²) in [6, 6.07) is 41.4. The van der Waals surface area contributed by atoms with E-state index >= 15 is 0 Å². The van der Waals surface area contributed by atoms with Crippen LogP contribution in [-0.4, -0.2) is 14.8 Å². The molecule has 1 radical (unpaired) electrons. The molecule has 0 saturated carbocycles. The van der Waals surface area contributed by atoms with Crippen LogP contribution in [-0.2, 0) is 20.1 Å². The maximum atomic E-state index is 4.80. The average molecular weight is 698 g/mol. The third-order valence-corrected chi connectivity index (χ3v) is 6.79. The van der Waals surface area contributed by atoms with E-state index < -0.39 is 0 Å². The zero-order chi connectivity index (χ0) is 27.2. The van der Waals surface area contributed by atoms with Crippen molar-refractivity contribution in [3.8, 4) is 39.3 Å². The summed E-state index contributed by atoms with van der Waals surface area (Å²) in [4.78, 5) is 4.22. The SMILES string of the molecule is Cc1cccc(C)c1-c1c[c-]c(-n2ccc(-c3c(C)cccc3C)n2)cc1.[Ir].[c-]1ccccc1-c1ccccn1. The summed E-state index contributed by atoms with van der Waals surface area (Å²) in [7, 11) is 0. The standard InChI is InChI=1S/C25H23N2.C11H8N.Ir/c1-17-7-5-8-18(2)24(17)21-11-13-22(14-12-21)27-16-15-23(26-27)25-19(3)9-6-10-20(25)4;1-2-6-10(7-3-1)11-8-4-5-9-12-11;/h5-13,15-16H,1-4H3;1-6,8-9H;/q2*-1;. The summed E-state index contributed by atoms with van der Waals surface area (Å²) in [5.41, 5.74) is 12.7. The smallest absolute Gasteiger partial charge is 0.0932 e. The van der Waals surface area contributed by atoms with E-state index in [-0.39, 0.29) is 20.1 Å². The fraction of sp³-hybridized carbons (Fsp3) is 0.111. The van der Waals surface area contributed by atoms with Gasteiger partial charge in [0.1, 0.15) is 0 Å². The van der Waals surface area contributed by atoms with Crippen molar-refractivity contribution < 1.29 is 20.1 Å². The molecular weight excluding hydrogens is 667 g/mol. The molecule has 0 aliphatic carbocycles. The molecular formula is C36H31IrN3-2. The molecule has 0 N–H and O–H groups in total. The van der Waals surface area contributed by atoms with Gasteiger partial charge in [-0.15, -0.1) is 47.5 Å². The van der Waals surface area contributed by atoms with Gasteiger partial charge in [-0.1, -0.05) is 65.2 Å². The summed E-state index contributed by atoms with van der Waals surface area (Å²) in [6.45, 7) is 8.57. The molecule has 6 aromatic rings. The van der Waals surface area contributed by atoms with Gasteiger partial charge in [0.05, 0.1) is 5.69 Å². The normalized spacial score (nSPS) is 10.3. The first-order valence-corrected chi connectivity index (χ1v) is 13.1. The zero-order valence-corrected chi connectivity index (χ0v) is 25.5. The summed E-state index contributed by atoms with van der Waals surface area (Å²) in [5.74, 6) is 0. The molecule has 0 bridgehead atoms. The fourth-order valence-corrected chi connectivity index (χ4v) is 4.87. The predicted molar refractivity (Wildman–Crippen MR) is 161 cm³/mol. The van der Waals surface area contributed by atoms with E-state index in [2.05, 4.69) is 105 Å². The number of aromatic nitrogens is 3. The number of benzene rings is 4. The van der Waals surface area contributed by atoms with Crippen molar-refractivity contribution in [2.75, 3.05) is 0 Å². The second-order valence-corrected chi connectivity index (χ2v) is 9.63. The van der Waals surface area contributed by atoms with Crippen molar-refractivity contribution in [1.29, 1.82) is 0 Å². The van der Waals surface area contributed by atoms with Crippen molar-refractivity contribution in [2.24, 2.45) is 0 Å². The second kappa shape index (κ2) is 13.3. The van der Waals surface area contributed by atoms with Crippen LogP contribution in [0.25, 0.3) is 39.3 Å². The Hall–Kier alpha value is -4.11. The molecule has 0 spiro atoms. The van der Waals surface area contributed by atoms with E-state index in [0.717, 1.165) is 22.6 Å². The number of nitrogens with zero attached hydrogens (tertiary/aromatic N) is 3. The largest absolute Gasteiger partial charge is 0.305 e. The number of pyridine rings is 1. The van der Waals surface area contributed by atoms with Crippen LogP contribution in [0.5, 0.6) is 0 Å². The summed E-state index contributed by atoms with van der Waals surface area (Å²) in [5, 5.41) is 4.80. The van der Waals surface area contributed by atoms with Crippen molar-refractivity contribution in [3.63, 3.8) is 0 Å². The molecule has 4 aromatic carbocycles. The Morgan fingerprint density at radius 2 is 1.27 bits per heavy atom. The Morgan fingerprint density at radius 3 is 1.85 bits per heavy atom. The molecule has 2 aromatic heterocycles. The molecule has 0 saturated heterocycles. The van der Waals surface area contributed by atoms with Crippen LogP contribution in [0.2, 0.25) is 0 Å². The quantitative estimate of drug-likeness (QED) is 0.173. The topological polar surface area (TPSA) is 30.7 Å². The molecule has 4 heteroatoms. The van der Waals surface area contributed by atoms with Gasteiger partial charge in [-0.25, -0.2) is 0 Å². The van der Waals surface area contributed by atoms with E-state index in [1.807, 2.05) is 53.3 Å². The Morgan fingerprint density at radius 1 is 0.600 bits per heavy atom. The van der Waals surface area contributed by atoms with E-state index in [1.165, 1.54) is 38.9 Å². The molecule has 6 rings (SSSR count). The summed E-state index contributed by atoms with van der Waals surface area (Å²) >= 11 is 0. The molecule has 0 fully saturated rings. The van der Waals surface area contributed by atoms with Gasteiger partial charge < -0.3 is 4.98 Å². The Balaban J connectivity index is 0.000000238. The van der Waals surface area contributed by atoms with Crippen molar-refractivity contribution >= 4 is 0 Å². The summed E-state index contributed by atoms with van der Waals surface area (Å²) in [6.07, 6.45) is 3.79. The van der Waals surface area contributed by atoms with Crippen LogP contribution < -0.4 is 0 Å². The second-order valence-electron chi connectivity index (χ2n) is 9.63. The van der Waals surface area contributed by atoms with Gasteiger partial charge >= 0.3 is 0 Å². The maximum absolute atomic E-state index is 4.80. The van der Waals surface area contributed by atoms with E-state index in [9.17, 15) is 0 Å². The first-order chi connectivity index (χ1) is 19.0. The number of hydrogen-bond donors (Lipinski definition) is 0. The van der Waals surface area contributed by atoms with Gasteiger partial charge in [-0.2, -0.15) is 23.3 Å². The third-order valence-electron chi connectivity index (χ3n) is 6.79. The van der Waals surface area contributed by atoms with Crippen molar-refractivity contribution in [3.05, 3.63) is 150 Å². The molecule has 3 nitrogen and oxygen atoms in total. The minimum Gasteiger partial charge on any atom is -0.305 e. The first-order valence-electron chi connectivity index (χ1n) is 13.1. The molecule has 0 unspecified atom stereocenters. The Bertz CT molecular complexity index is 1590. The molecule has 0 aliphatic heterocycles. The average Bonchev–Trinajstić information content (AvgIpc) is 3.44. The van der Waals surface area contributed by atoms with Crippen LogP contribution in [0, 0.1) is 39.8 Å². The van der Waals surface area contributed by atoms with Crippen LogP contribution in [0.3, 0.4) is 0 Å². The van der Waals surface area contributed by atoms with E-state index in [0.29, 0.717) is 0 Å². The van der Waals surface area contributed by atoms with E-state index in [4.69, 9.17) is 5.10 Å². The van der Waals surface area contributed by atoms with Crippen LogP contribution in [0.15, 0.2) is 116 Å². The minimum absolute atomic E-state index is 0. The van der Waals surface area contributed by atoms with Gasteiger partial charge in [0.15, 0.2) is 0 Å².